The first-order valence-corrected chi connectivity index (χ1v) is 8.22. The summed E-state index contributed by atoms with van der Waals surface area (Å²) in [5.74, 6) is 1.06. The molecule has 0 aromatic heterocycles. The Balaban J connectivity index is 1.66. The molecule has 2 saturated heterocycles. The van der Waals surface area contributed by atoms with Crippen LogP contribution < -0.4 is 0 Å². The van der Waals surface area contributed by atoms with E-state index in [0.29, 0.717) is 11.1 Å². The van der Waals surface area contributed by atoms with Crippen LogP contribution >= 0.6 is 11.8 Å². The van der Waals surface area contributed by atoms with Gasteiger partial charge in [-0.2, -0.15) is 11.8 Å². The van der Waals surface area contributed by atoms with Crippen molar-refractivity contribution in [3.05, 3.63) is 35.4 Å². The molecular weight excluding hydrogens is 290 g/mol. The molecule has 1 aromatic rings. The minimum Gasteiger partial charge on any atom is -0.388 e. The SMILES string of the molecule is O=C1c2ccccc2C(=O)N1C1OC2CCSC[C@H]2[C@H]1O. The molecule has 4 rings (SSSR count). The van der Waals surface area contributed by atoms with E-state index in [0.717, 1.165) is 22.8 Å². The predicted molar refractivity (Wildman–Crippen MR) is 77.0 cm³/mol. The van der Waals surface area contributed by atoms with E-state index in [9.17, 15) is 14.7 Å². The van der Waals surface area contributed by atoms with Crippen LogP contribution in [0.25, 0.3) is 0 Å². The van der Waals surface area contributed by atoms with Gasteiger partial charge in [-0.15, -0.1) is 0 Å². The Morgan fingerprint density at radius 1 is 1.19 bits per heavy atom. The summed E-state index contributed by atoms with van der Waals surface area (Å²) >= 11 is 1.78. The highest BCUT2D eigenvalue weighted by molar-refractivity contribution is 7.99. The number of amides is 2. The Morgan fingerprint density at radius 3 is 2.48 bits per heavy atom. The minimum absolute atomic E-state index is 0.00179. The molecule has 2 fully saturated rings. The maximum atomic E-state index is 12.5. The van der Waals surface area contributed by atoms with Crippen LogP contribution in [0.4, 0.5) is 0 Å². The number of thioether (sulfide) groups is 1. The zero-order valence-corrected chi connectivity index (χ0v) is 12.1. The van der Waals surface area contributed by atoms with Gasteiger partial charge in [0.25, 0.3) is 11.8 Å². The Hall–Kier alpha value is -1.37. The maximum Gasteiger partial charge on any atom is 0.263 e. The first kappa shape index (κ1) is 13.3. The number of benzene rings is 1. The molecule has 1 aromatic carbocycles. The van der Waals surface area contributed by atoms with Gasteiger partial charge in [-0.1, -0.05) is 12.1 Å². The molecule has 0 aliphatic carbocycles. The number of carbonyl (C=O) groups is 2. The fourth-order valence-electron chi connectivity index (χ4n) is 3.35. The third-order valence-corrected chi connectivity index (χ3v) is 5.60. The van der Waals surface area contributed by atoms with Crippen LogP contribution in [0.15, 0.2) is 24.3 Å². The van der Waals surface area contributed by atoms with E-state index in [2.05, 4.69) is 0 Å². The summed E-state index contributed by atoms with van der Waals surface area (Å²) < 4.78 is 5.85. The number of hydrogen-bond donors (Lipinski definition) is 1. The Labute approximate surface area is 126 Å². The van der Waals surface area contributed by atoms with Crippen molar-refractivity contribution in [1.82, 2.24) is 4.90 Å². The van der Waals surface area contributed by atoms with Crippen LogP contribution in [0.3, 0.4) is 0 Å². The summed E-state index contributed by atoms with van der Waals surface area (Å²) in [5.41, 5.74) is 0.782. The third kappa shape index (κ3) is 1.86. The number of fused-ring (bicyclic) bond motifs is 2. The highest BCUT2D eigenvalue weighted by Crippen LogP contribution is 2.39. The Morgan fingerprint density at radius 2 is 1.86 bits per heavy atom. The molecule has 2 unspecified atom stereocenters. The van der Waals surface area contributed by atoms with Gasteiger partial charge in [0.1, 0.15) is 6.10 Å². The van der Waals surface area contributed by atoms with Crippen molar-refractivity contribution < 1.29 is 19.4 Å². The molecule has 0 bridgehead atoms. The highest BCUT2D eigenvalue weighted by Gasteiger charge is 2.52. The number of hydrogen-bond acceptors (Lipinski definition) is 5. The monoisotopic (exact) mass is 305 g/mol. The number of aliphatic hydroxyl groups is 1. The zero-order valence-electron chi connectivity index (χ0n) is 11.3. The fourth-order valence-corrected chi connectivity index (χ4v) is 4.60. The second-order valence-electron chi connectivity index (χ2n) is 5.61. The molecule has 110 valence electrons. The molecule has 21 heavy (non-hydrogen) atoms. The van der Waals surface area contributed by atoms with E-state index in [-0.39, 0.29) is 23.8 Å². The Kier molecular flexibility index (Phi) is 3.06. The molecule has 0 saturated carbocycles. The summed E-state index contributed by atoms with van der Waals surface area (Å²) in [5, 5.41) is 10.5. The molecule has 0 spiro atoms. The lowest BCUT2D eigenvalue weighted by molar-refractivity contribution is -0.0608. The van der Waals surface area contributed by atoms with Crippen molar-refractivity contribution in [2.24, 2.45) is 5.92 Å². The quantitative estimate of drug-likeness (QED) is 0.788. The minimum atomic E-state index is -0.855. The van der Waals surface area contributed by atoms with Crippen LogP contribution in [0.2, 0.25) is 0 Å². The zero-order chi connectivity index (χ0) is 14.6. The van der Waals surface area contributed by atoms with E-state index in [1.165, 1.54) is 0 Å². The van der Waals surface area contributed by atoms with Crippen molar-refractivity contribution in [2.45, 2.75) is 24.9 Å². The number of aliphatic hydroxyl groups excluding tert-OH is 1. The van der Waals surface area contributed by atoms with Crippen LogP contribution in [-0.2, 0) is 4.74 Å². The lowest BCUT2D eigenvalue weighted by atomic mass is 9.98. The number of rotatable bonds is 1. The van der Waals surface area contributed by atoms with E-state index in [1.807, 2.05) is 0 Å². The molecule has 3 heterocycles. The lowest BCUT2D eigenvalue weighted by Crippen LogP contribution is -2.46. The lowest BCUT2D eigenvalue weighted by Gasteiger charge is -2.25. The van der Waals surface area contributed by atoms with Crippen molar-refractivity contribution >= 4 is 23.6 Å². The molecule has 2 amide bonds. The average molecular weight is 305 g/mol. The van der Waals surface area contributed by atoms with Crippen LogP contribution in [0, 0.1) is 5.92 Å². The summed E-state index contributed by atoms with van der Waals surface area (Å²) in [6.07, 6.45) is -0.863. The Bertz CT molecular complexity index is 584. The normalized spacial score (nSPS) is 35.0. The molecule has 1 N–H and O–H groups in total. The average Bonchev–Trinajstić information content (AvgIpc) is 2.96. The van der Waals surface area contributed by atoms with E-state index < -0.39 is 12.3 Å². The molecule has 3 aliphatic heterocycles. The molecule has 5 nitrogen and oxygen atoms in total. The van der Waals surface area contributed by atoms with Crippen LogP contribution in [0.5, 0.6) is 0 Å². The molecule has 0 radical (unpaired) electrons. The molecule has 6 heteroatoms. The van der Waals surface area contributed by atoms with Gasteiger partial charge in [0.05, 0.1) is 17.2 Å². The van der Waals surface area contributed by atoms with Gasteiger partial charge in [0, 0.05) is 11.7 Å². The summed E-state index contributed by atoms with van der Waals surface area (Å²) in [7, 11) is 0. The van der Waals surface area contributed by atoms with Gasteiger partial charge in [-0.25, -0.2) is 4.90 Å². The van der Waals surface area contributed by atoms with Gasteiger partial charge < -0.3 is 9.84 Å². The number of nitrogens with zero attached hydrogens (tertiary/aromatic N) is 1. The second kappa shape index (κ2) is 4.83. The maximum absolute atomic E-state index is 12.5. The summed E-state index contributed by atoms with van der Waals surface area (Å²) in [6, 6.07) is 6.74. The number of imide groups is 1. The second-order valence-corrected chi connectivity index (χ2v) is 6.76. The summed E-state index contributed by atoms with van der Waals surface area (Å²) in [4.78, 5) is 26.0. The first-order chi connectivity index (χ1) is 10.2. The standard InChI is InChI=1S/C15H15NO4S/c17-12-10-7-21-6-5-11(10)20-15(12)16-13(18)8-3-1-2-4-9(8)14(16)19/h1-4,10-12,15,17H,5-7H2/t10-,11?,12-,15?/m1/s1. The van der Waals surface area contributed by atoms with Gasteiger partial charge >= 0.3 is 0 Å². The van der Waals surface area contributed by atoms with Gasteiger partial charge in [0.15, 0.2) is 6.23 Å². The van der Waals surface area contributed by atoms with E-state index >= 15 is 0 Å². The topological polar surface area (TPSA) is 66.8 Å². The van der Waals surface area contributed by atoms with Crippen LogP contribution in [0.1, 0.15) is 27.1 Å². The van der Waals surface area contributed by atoms with Crippen LogP contribution in [-0.4, -0.2) is 51.8 Å². The number of carbonyl (C=O) groups excluding carboxylic acids is 2. The molecule has 3 aliphatic rings. The predicted octanol–water partition coefficient (Wildman–Crippen LogP) is 1.12. The van der Waals surface area contributed by atoms with E-state index in [4.69, 9.17) is 4.74 Å². The van der Waals surface area contributed by atoms with Crippen molar-refractivity contribution in [3.8, 4) is 0 Å². The van der Waals surface area contributed by atoms with Gasteiger partial charge in [0.2, 0.25) is 0 Å². The third-order valence-electron chi connectivity index (χ3n) is 4.46. The smallest absolute Gasteiger partial charge is 0.263 e. The first-order valence-electron chi connectivity index (χ1n) is 7.06. The summed E-state index contributed by atoms with van der Waals surface area (Å²) in [6.45, 7) is 0. The van der Waals surface area contributed by atoms with Crippen molar-refractivity contribution in [3.63, 3.8) is 0 Å². The van der Waals surface area contributed by atoms with Gasteiger partial charge in [-0.05, 0) is 24.3 Å². The molecular formula is C15H15NO4S. The highest BCUT2D eigenvalue weighted by atomic mass is 32.2. The van der Waals surface area contributed by atoms with Crippen molar-refractivity contribution in [2.75, 3.05) is 11.5 Å². The van der Waals surface area contributed by atoms with Gasteiger partial charge in [-0.3, -0.25) is 9.59 Å². The molecule has 4 atom stereocenters. The number of ether oxygens (including phenoxy) is 1. The largest absolute Gasteiger partial charge is 0.388 e. The fraction of sp³-hybridized carbons (Fsp3) is 0.467. The van der Waals surface area contributed by atoms with Crippen molar-refractivity contribution in [1.29, 1.82) is 0 Å². The van der Waals surface area contributed by atoms with E-state index in [1.54, 1.807) is 36.0 Å².